The van der Waals surface area contributed by atoms with Crippen LogP contribution in [0.3, 0.4) is 0 Å². The van der Waals surface area contributed by atoms with Crippen LogP contribution in [0.1, 0.15) is 21.5 Å². The van der Waals surface area contributed by atoms with Crippen LogP contribution in [-0.4, -0.2) is 28.9 Å². The van der Waals surface area contributed by atoms with Crippen LogP contribution in [0.2, 0.25) is 0 Å². The molecular formula is C25H17FN2O6. The van der Waals surface area contributed by atoms with Gasteiger partial charge in [-0.2, -0.15) is 0 Å². The van der Waals surface area contributed by atoms with Crippen LogP contribution in [0, 0.1) is 5.82 Å². The smallest absolute Gasteiger partial charge is 0.335 e. The molecular weight excluding hydrogens is 443 g/mol. The molecule has 4 rings (SSSR count). The number of halogens is 1. The van der Waals surface area contributed by atoms with Crippen molar-refractivity contribution in [3.63, 3.8) is 0 Å². The number of hydrogen-bond acceptors (Lipinski definition) is 5. The number of hydrogen-bond donors (Lipinski definition) is 2. The molecule has 1 heterocycles. The molecule has 1 saturated heterocycles. The van der Waals surface area contributed by atoms with E-state index in [1.165, 1.54) is 42.5 Å². The van der Waals surface area contributed by atoms with Gasteiger partial charge in [-0.15, -0.1) is 0 Å². The summed E-state index contributed by atoms with van der Waals surface area (Å²) in [4.78, 5) is 49.7. The van der Waals surface area contributed by atoms with Crippen molar-refractivity contribution in [2.24, 2.45) is 0 Å². The summed E-state index contributed by atoms with van der Waals surface area (Å²) in [7, 11) is 0. The minimum absolute atomic E-state index is 0.0207. The van der Waals surface area contributed by atoms with E-state index in [0.717, 1.165) is 10.5 Å². The van der Waals surface area contributed by atoms with Crippen molar-refractivity contribution < 1.29 is 33.4 Å². The Balaban J connectivity index is 1.62. The molecule has 3 aromatic rings. The van der Waals surface area contributed by atoms with Crippen molar-refractivity contribution >= 4 is 35.6 Å². The number of carbonyl (C=O) groups is 4. The minimum atomic E-state index is -1.16. The molecule has 0 unspecified atom stereocenters. The third-order valence-electron chi connectivity index (χ3n) is 5.00. The van der Waals surface area contributed by atoms with Crippen LogP contribution in [0.25, 0.3) is 6.08 Å². The van der Waals surface area contributed by atoms with Crippen LogP contribution >= 0.6 is 0 Å². The number of urea groups is 1. The first-order valence-corrected chi connectivity index (χ1v) is 10.0. The molecule has 1 aliphatic heterocycles. The Hall–Kier alpha value is -4.79. The van der Waals surface area contributed by atoms with E-state index >= 15 is 0 Å². The second-order valence-electron chi connectivity index (χ2n) is 7.26. The van der Waals surface area contributed by atoms with Gasteiger partial charge in [0.25, 0.3) is 11.8 Å². The highest BCUT2D eigenvalue weighted by Gasteiger charge is 2.37. The molecule has 8 nitrogen and oxygen atoms in total. The fourth-order valence-corrected chi connectivity index (χ4v) is 3.27. The number of imide groups is 2. The molecule has 0 atom stereocenters. The number of benzene rings is 3. The zero-order valence-corrected chi connectivity index (χ0v) is 17.5. The van der Waals surface area contributed by atoms with Gasteiger partial charge in [-0.05, 0) is 54.1 Å². The second kappa shape index (κ2) is 9.37. The number of para-hydroxylation sites is 1. The average Bonchev–Trinajstić information content (AvgIpc) is 2.82. The summed E-state index contributed by atoms with van der Waals surface area (Å²) in [5.41, 5.74) is 0.912. The molecule has 170 valence electrons. The Kier molecular flexibility index (Phi) is 6.18. The predicted octanol–water partition coefficient (Wildman–Crippen LogP) is 3.77. The number of nitrogens with one attached hydrogen (secondary N) is 1. The van der Waals surface area contributed by atoms with Gasteiger partial charge in [0.15, 0.2) is 0 Å². The van der Waals surface area contributed by atoms with Crippen molar-refractivity contribution in [3.05, 3.63) is 101 Å². The van der Waals surface area contributed by atoms with Crippen molar-refractivity contribution in [1.29, 1.82) is 0 Å². The topological polar surface area (TPSA) is 113 Å². The summed E-state index contributed by atoms with van der Waals surface area (Å²) in [6, 6.07) is 16.6. The summed E-state index contributed by atoms with van der Waals surface area (Å²) in [5, 5.41) is 11.2. The fourth-order valence-electron chi connectivity index (χ4n) is 3.27. The lowest BCUT2D eigenvalue weighted by molar-refractivity contribution is -0.122. The molecule has 1 fully saturated rings. The van der Waals surface area contributed by atoms with E-state index in [2.05, 4.69) is 5.32 Å². The van der Waals surface area contributed by atoms with E-state index in [4.69, 9.17) is 9.84 Å². The number of barbiturate groups is 1. The molecule has 3 aromatic carbocycles. The number of carboxylic acids is 1. The summed E-state index contributed by atoms with van der Waals surface area (Å²) in [6.07, 6.45) is 1.31. The van der Waals surface area contributed by atoms with Gasteiger partial charge in [-0.3, -0.25) is 14.9 Å². The monoisotopic (exact) mass is 460 g/mol. The van der Waals surface area contributed by atoms with Gasteiger partial charge >= 0.3 is 12.0 Å². The third kappa shape index (κ3) is 4.68. The molecule has 0 aliphatic carbocycles. The molecule has 9 heteroatoms. The van der Waals surface area contributed by atoms with E-state index in [9.17, 15) is 23.6 Å². The number of carboxylic acid groups (broad SMARTS) is 1. The van der Waals surface area contributed by atoms with Crippen molar-refractivity contribution in [2.45, 2.75) is 6.61 Å². The van der Waals surface area contributed by atoms with Crippen molar-refractivity contribution in [3.8, 4) is 5.75 Å². The Morgan fingerprint density at radius 2 is 1.65 bits per heavy atom. The molecule has 34 heavy (non-hydrogen) atoms. The van der Waals surface area contributed by atoms with Gasteiger partial charge in [0.05, 0.1) is 11.3 Å². The molecule has 0 aromatic heterocycles. The van der Waals surface area contributed by atoms with Crippen LogP contribution in [-0.2, 0) is 16.2 Å². The maximum Gasteiger partial charge on any atom is 0.335 e. The number of rotatable bonds is 6. The van der Waals surface area contributed by atoms with Crippen LogP contribution in [0.5, 0.6) is 5.75 Å². The predicted molar refractivity (Wildman–Crippen MR) is 120 cm³/mol. The van der Waals surface area contributed by atoms with Crippen LogP contribution in [0.4, 0.5) is 14.9 Å². The Morgan fingerprint density at radius 3 is 2.32 bits per heavy atom. The van der Waals surface area contributed by atoms with E-state index < -0.39 is 23.8 Å². The highest BCUT2D eigenvalue weighted by Crippen LogP contribution is 2.26. The quantitative estimate of drug-likeness (QED) is 0.428. The first-order chi connectivity index (χ1) is 16.3. The number of aromatic carboxylic acids is 1. The molecule has 0 radical (unpaired) electrons. The second-order valence-corrected chi connectivity index (χ2v) is 7.26. The summed E-state index contributed by atoms with van der Waals surface area (Å²) >= 11 is 0. The zero-order valence-electron chi connectivity index (χ0n) is 17.5. The summed E-state index contributed by atoms with van der Waals surface area (Å²) < 4.78 is 18.9. The Morgan fingerprint density at radius 1 is 0.971 bits per heavy atom. The number of amides is 4. The summed E-state index contributed by atoms with van der Waals surface area (Å²) in [6.45, 7) is 0.126. The number of nitrogens with zero attached hydrogens (tertiary/aromatic N) is 1. The largest absolute Gasteiger partial charge is 0.488 e. The Labute approximate surface area is 192 Å². The minimum Gasteiger partial charge on any atom is -0.488 e. The van der Waals surface area contributed by atoms with Gasteiger partial charge in [-0.25, -0.2) is 18.9 Å². The SMILES string of the molecule is O=C1NC(=O)N(c2ccc(C(=O)O)cc2)C(=O)C1=Cc1ccccc1OCc1ccc(F)cc1. The van der Waals surface area contributed by atoms with Crippen LogP contribution in [0.15, 0.2) is 78.4 Å². The van der Waals surface area contributed by atoms with Gasteiger partial charge in [0, 0.05) is 5.56 Å². The van der Waals surface area contributed by atoms with E-state index in [-0.39, 0.29) is 29.2 Å². The lowest BCUT2D eigenvalue weighted by atomic mass is 10.1. The van der Waals surface area contributed by atoms with Gasteiger partial charge in [0.2, 0.25) is 0 Å². The lowest BCUT2D eigenvalue weighted by Crippen LogP contribution is -2.54. The van der Waals surface area contributed by atoms with Crippen molar-refractivity contribution in [2.75, 3.05) is 4.90 Å². The van der Waals surface area contributed by atoms with Crippen molar-refractivity contribution in [1.82, 2.24) is 5.32 Å². The number of carbonyl (C=O) groups excluding carboxylic acids is 3. The zero-order chi connectivity index (χ0) is 24.2. The molecule has 4 amide bonds. The molecule has 0 spiro atoms. The molecule has 1 aliphatic rings. The highest BCUT2D eigenvalue weighted by atomic mass is 19.1. The van der Waals surface area contributed by atoms with E-state index in [1.807, 2.05) is 0 Å². The third-order valence-corrected chi connectivity index (χ3v) is 5.00. The molecule has 0 saturated carbocycles. The van der Waals surface area contributed by atoms with Gasteiger partial charge in [0.1, 0.15) is 23.7 Å². The average molecular weight is 460 g/mol. The fraction of sp³-hybridized carbons (Fsp3) is 0.0400. The van der Waals surface area contributed by atoms with Gasteiger partial charge < -0.3 is 9.84 Å². The first kappa shape index (κ1) is 22.4. The van der Waals surface area contributed by atoms with E-state index in [0.29, 0.717) is 11.3 Å². The number of anilines is 1. The number of ether oxygens (including phenoxy) is 1. The first-order valence-electron chi connectivity index (χ1n) is 10.0. The highest BCUT2D eigenvalue weighted by molar-refractivity contribution is 6.39. The maximum atomic E-state index is 13.1. The van der Waals surface area contributed by atoms with Gasteiger partial charge in [-0.1, -0.05) is 30.3 Å². The normalized spacial score (nSPS) is 14.8. The molecule has 2 N–H and O–H groups in total. The Bertz CT molecular complexity index is 1320. The maximum absolute atomic E-state index is 13.1. The standard InChI is InChI=1S/C25H17FN2O6/c26-18-9-5-15(6-10-18)14-34-21-4-2-1-3-17(21)13-20-22(29)27-25(33)28(23(20)30)19-11-7-16(8-12-19)24(31)32/h1-13H,14H2,(H,31,32)(H,27,29,33). The lowest BCUT2D eigenvalue weighted by Gasteiger charge is -2.26. The summed E-state index contributed by atoms with van der Waals surface area (Å²) in [5.74, 6) is -2.90. The van der Waals surface area contributed by atoms with Crippen LogP contribution < -0.4 is 15.0 Å². The molecule has 0 bridgehead atoms. The van der Waals surface area contributed by atoms with E-state index in [1.54, 1.807) is 36.4 Å².